The summed E-state index contributed by atoms with van der Waals surface area (Å²) in [5.41, 5.74) is 21.8. The number of hydrogen-bond donors (Lipinski definition) is 0. The minimum absolute atomic E-state index is 0.0533. The molecule has 0 amide bonds. The second-order valence-electron chi connectivity index (χ2n) is 18.5. The van der Waals surface area contributed by atoms with Crippen LogP contribution < -0.4 is 4.90 Å². The van der Waals surface area contributed by atoms with Crippen molar-refractivity contribution in [1.82, 2.24) is 4.57 Å². The van der Waals surface area contributed by atoms with Crippen molar-refractivity contribution in [1.29, 1.82) is 0 Å². The number of para-hydroxylation sites is 2. The van der Waals surface area contributed by atoms with Crippen molar-refractivity contribution in [2.24, 2.45) is 0 Å². The van der Waals surface area contributed by atoms with Crippen molar-refractivity contribution < 1.29 is 0 Å². The van der Waals surface area contributed by atoms with Crippen LogP contribution in [0.25, 0.3) is 60.9 Å². The SMILES string of the molecule is CC1(C)c2ccccc2-c2cc(N(c3ccccc3)c3cccc(-c4ccc5c6ccccc6n(-c6ccc7c(c6)-c6ccccc6C7(c6ccccc6)c6ccccc6)c5c4)c3)ccc21. The van der Waals surface area contributed by atoms with E-state index >= 15 is 0 Å². The highest BCUT2D eigenvalue weighted by molar-refractivity contribution is 6.10. The van der Waals surface area contributed by atoms with Crippen LogP contribution in [0.1, 0.15) is 47.2 Å². The van der Waals surface area contributed by atoms with Gasteiger partial charge in [-0.25, -0.2) is 0 Å². The van der Waals surface area contributed by atoms with Crippen LogP contribution in [-0.4, -0.2) is 4.57 Å². The third-order valence-electron chi connectivity index (χ3n) is 14.7. The van der Waals surface area contributed by atoms with Gasteiger partial charge in [-0.3, -0.25) is 0 Å². The van der Waals surface area contributed by atoms with Gasteiger partial charge in [0.05, 0.1) is 16.4 Å². The molecule has 312 valence electrons. The third kappa shape index (κ3) is 5.55. The minimum atomic E-state index is -0.444. The molecule has 0 saturated carbocycles. The van der Waals surface area contributed by atoms with Gasteiger partial charge in [-0.1, -0.05) is 196 Å². The van der Waals surface area contributed by atoms with Gasteiger partial charge in [-0.2, -0.15) is 0 Å². The Hall–Kier alpha value is -8.20. The van der Waals surface area contributed by atoms with Crippen LogP contribution in [0.15, 0.2) is 243 Å². The van der Waals surface area contributed by atoms with Crippen LogP contribution >= 0.6 is 0 Å². The largest absolute Gasteiger partial charge is 0.310 e. The Kier molecular flexibility index (Phi) is 8.51. The zero-order valence-electron chi connectivity index (χ0n) is 37.0. The maximum absolute atomic E-state index is 2.48. The molecule has 1 aromatic heterocycles. The summed E-state index contributed by atoms with van der Waals surface area (Å²) < 4.78 is 2.48. The Morgan fingerprint density at radius 3 is 1.62 bits per heavy atom. The van der Waals surface area contributed by atoms with Gasteiger partial charge in [0, 0.05) is 38.9 Å². The average Bonchev–Trinajstić information content (AvgIpc) is 3.95. The van der Waals surface area contributed by atoms with E-state index < -0.39 is 5.41 Å². The first-order valence-corrected chi connectivity index (χ1v) is 23.1. The van der Waals surface area contributed by atoms with E-state index in [1.807, 2.05) is 0 Å². The second-order valence-corrected chi connectivity index (χ2v) is 18.5. The minimum Gasteiger partial charge on any atom is -0.310 e. The Morgan fingerprint density at radius 1 is 0.333 bits per heavy atom. The summed E-state index contributed by atoms with van der Waals surface area (Å²) in [6.45, 7) is 4.69. The van der Waals surface area contributed by atoms with Gasteiger partial charge >= 0.3 is 0 Å². The number of rotatable bonds is 7. The predicted octanol–water partition coefficient (Wildman–Crippen LogP) is 16.6. The van der Waals surface area contributed by atoms with Crippen molar-refractivity contribution in [2.75, 3.05) is 4.90 Å². The molecule has 2 nitrogen and oxygen atoms in total. The van der Waals surface area contributed by atoms with E-state index in [2.05, 4.69) is 266 Å². The number of anilines is 3. The topological polar surface area (TPSA) is 8.17 Å². The number of nitrogens with zero attached hydrogens (tertiary/aromatic N) is 2. The summed E-state index contributed by atoms with van der Waals surface area (Å²) in [6.07, 6.45) is 0. The van der Waals surface area contributed by atoms with Crippen molar-refractivity contribution in [3.05, 3.63) is 276 Å². The lowest BCUT2D eigenvalue weighted by Crippen LogP contribution is -2.28. The molecule has 66 heavy (non-hydrogen) atoms. The molecule has 2 aliphatic carbocycles. The van der Waals surface area contributed by atoms with Gasteiger partial charge in [-0.05, 0) is 127 Å². The van der Waals surface area contributed by atoms with Crippen molar-refractivity contribution >= 4 is 38.9 Å². The summed E-state index contributed by atoms with van der Waals surface area (Å²) >= 11 is 0. The first-order valence-electron chi connectivity index (χ1n) is 23.1. The first-order chi connectivity index (χ1) is 32.5. The van der Waals surface area contributed by atoms with Crippen molar-refractivity contribution in [3.8, 4) is 39.1 Å². The van der Waals surface area contributed by atoms with E-state index in [4.69, 9.17) is 0 Å². The molecule has 1 heterocycles. The highest BCUT2D eigenvalue weighted by Crippen LogP contribution is 2.57. The summed E-state index contributed by atoms with van der Waals surface area (Å²) in [5, 5.41) is 2.48. The lowest BCUT2D eigenvalue weighted by atomic mass is 9.68. The average molecular weight is 843 g/mol. The predicted molar refractivity (Wildman–Crippen MR) is 276 cm³/mol. The third-order valence-corrected chi connectivity index (χ3v) is 14.7. The fraction of sp³-hybridized carbons (Fsp3) is 0.0625. The fourth-order valence-corrected chi connectivity index (χ4v) is 11.7. The molecule has 0 fully saturated rings. The van der Waals surface area contributed by atoms with E-state index in [9.17, 15) is 0 Å². The Labute approximate surface area is 386 Å². The summed E-state index contributed by atoms with van der Waals surface area (Å²) in [5.74, 6) is 0. The van der Waals surface area contributed by atoms with Gasteiger partial charge in [0.15, 0.2) is 0 Å². The van der Waals surface area contributed by atoms with Crippen molar-refractivity contribution in [2.45, 2.75) is 24.7 Å². The quantitative estimate of drug-likeness (QED) is 0.155. The fourth-order valence-electron chi connectivity index (χ4n) is 11.7. The molecule has 0 atom stereocenters. The van der Waals surface area contributed by atoms with Crippen LogP contribution in [0.2, 0.25) is 0 Å². The molecule has 13 rings (SSSR count). The van der Waals surface area contributed by atoms with Gasteiger partial charge in [-0.15, -0.1) is 0 Å². The maximum Gasteiger partial charge on any atom is 0.0713 e. The number of aromatic nitrogens is 1. The lowest BCUT2D eigenvalue weighted by Gasteiger charge is -2.33. The van der Waals surface area contributed by atoms with Crippen LogP contribution in [0.4, 0.5) is 17.1 Å². The van der Waals surface area contributed by atoms with Gasteiger partial charge in [0.2, 0.25) is 0 Å². The number of fused-ring (bicyclic) bond motifs is 9. The summed E-state index contributed by atoms with van der Waals surface area (Å²) in [7, 11) is 0. The summed E-state index contributed by atoms with van der Waals surface area (Å²) in [4.78, 5) is 2.40. The Bertz CT molecular complexity index is 3630. The molecule has 0 spiro atoms. The van der Waals surface area contributed by atoms with E-state index in [0.717, 1.165) is 28.3 Å². The van der Waals surface area contributed by atoms with E-state index in [1.54, 1.807) is 0 Å². The standard InChI is InChI=1S/C64H46N2/c1-63(2)57-30-15-12-27-51(57)55-41-49(34-37-58(55)63)65(47-24-10-5-11-25-47)48-26-18-19-43(39-48)44-33-36-54-53-29-14-17-32-61(53)66(62(54)40-44)50-35-38-60-56(42-50)52-28-13-16-31-59(52)64(60,45-20-6-3-7-21-45)46-22-8-4-9-23-46/h3-42H,1-2H3. The molecule has 2 aliphatic rings. The highest BCUT2D eigenvalue weighted by Gasteiger charge is 2.46. The van der Waals surface area contributed by atoms with Gasteiger partial charge in [0.25, 0.3) is 0 Å². The Morgan fingerprint density at radius 2 is 0.864 bits per heavy atom. The Balaban J connectivity index is 0.968. The van der Waals surface area contributed by atoms with Crippen LogP contribution in [0, 0.1) is 0 Å². The molecular weight excluding hydrogens is 797 g/mol. The van der Waals surface area contributed by atoms with Crippen molar-refractivity contribution in [3.63, 3.8) is 0 Å². The molecule has 0 N–H and O–H groups in total. The van der Waals surface area contributed by atoms with Crippen LogP contribution in [0.5, 0.6) is 0 Å². The molecule has 2 heteroatoms. The number of benzene rings is 10. The molecule has 11 aromatic rings. The van der Waals surface area contributed by atoms with Crippen LogP contribution in [-0.2, 0) is 10.8 Å². The van der Waals surface area contributed by atoms with Gasteiger partial charge in [0.1, 0.15) is 0 Å². The molecule has 0 bridgehead atoms. The molecule has 0 radical (unpaired) electrons. The smallest absolute Gasteiger partial charge is 0.0713 e. The monoisotopic (exact) mass is 842 g/mol. The molecule has 0 unspecified atom stereocenters. The molecule has 10 aromatic carbocycles. The molecule has 0 saturated heterocycles. The zero-order valence-corrected chi connectivity index (χ0v) is 37.0. The normalized spacial score (nSPS) is 13.8. The van der Waals surface area contributed by atoms with E-state index in [-0.39, 0.29) is 5.41 Å². The maximum atomic E-state index is 2.48. The second kappa shape index (κ2) is 14.7. The zero-order chi connectivity index (χ0) is 44.0. The highest BCUT2D eigenvalue weighted by atomic mass is 15.1. The summed E-state index contributed by atoms with van der Waals surface area (Å²) in [6, 6.07) is 89.9. The first kappa shape index (κ1) is 38.3. The lowest BCUT2D eigenvalue weighted by molar-refractivity contribution is 0.660. The van der Waals surface area contributed by atoms with Crippen LogP contribution in [0.3, 0.4) is 0 Å². The van der Waals surface area contributed by atoms with Gasteiger partial charge < -0.3 is 9.47 Å². The van der Waals surface area contributed by atoms with E-state index in [0.29, 0.717) is 0 Å². The molecular formula is C64H46N2. The number of hydrogen-bond acceptors (Lipinski definition) is 1. The van der Waals surface area contributed by atoms with E-state index in [1.165, 1.54) is 83.0 Å². The molecule has 0 aliphatic heterocycles.